The minimum Gasteiger partial charge on any atom is -0.405 e. The van der Waals surface area contributed by atoms with Gasteiger partial charge in [0.1, 0.15) is 0 Å². The predicted molar refractivity (Wildman–Crippen MR) is 109 cm³/mol. The lowest BCUT2D eigenvalue weighted by atomic mass is 9.49. The molecule has 12 nitrogen and oxygen atoms in total. The van der Waals surface area contributed by atoms with Crippen LogP contribution in [0.4, 0.5) is 0 Å². The Morgan fingerprint density at radius 3 is 0.867 bits per heavy atom. The van der Waals surface area contributed by atoms with Gasteiger partial charge in [0.05, 0.1) is 11.2 Å². The summed E-state index contributed by atoms with van der Waals surface area (Å²) in [4.78, 5) is 0. The van der Waals surface area contributed by atoms with Crippen LogP contribution in [0.1, 0.15) is 27.7 Å². The van der Waals surface area contributed by atoms with E-state index in [1.54, 1.807) is 27.7 Å². The molecule has 0 aliphatic carbocycles. The number of sulfone groups is 4. The van der Waals surface area contributed by atoms with Gasteiger partial charge in [-0.25, -0.2) is 33.7 Å². The van der Waals surface area contributed by atoms with Crippen LogP contribution in [0.3, 0.4) is 0 Å². The Kier molecular flexibility index (Phi) is 5.77. The second kappa shape index (κ2) is 6.65. The molecule has 0 spiro atoms. The normalized spacial score (nSPS) is 26.1. The van der Waals surface area contributed by atoms with Gasteiger partial charge in [-0.1, -0.05) is 0 Å². The van der Waals surface area contributed by atoms with Crippen molar-refractivity contribution in [1.82, 2.24) is 0 Å². The Labute approximate surface area is 177 Å². The molecular formula is C12H24B2O12S4. The van der Waals surface area contributed by atoms with Gasteiger partial charge >= 0.3 is 22.5 Å². The van der Waals surface area contributed by atoms with Crippen LogP contribution in [-0.2, 0) is 58.0 Å². The van der Waals surface area contributed by atoms with E-state index in [0.717, 1.165) is 0 Å². The summed E-state index contributed by atoms with van der Waals surface area (Å²) >= 11 is 0. The van der Waals surface area contributed by atoms with Crippen molar-refractivity contribution in [2.45, 2.75) is 47.4 Å². The largest absolute Gasteiger partial charge is 0.491 e. The lowest BCUT2D eigenvalue weighted by molar-refractivity contribution is 0.00578. The molecular weight excluding hydrogens is 486 g/mol. The highest BCUT2D eigenvalue weighted by Crippen LogP contribution is 2.52. The van der Waals surface area contributed by atoms with Crippen molar-refractivity contribution in [2.75, 3.05) is 25.0 Å². The molecule has 0 bridgehead atoms. The molecule has 0 amide bonds. The maximum atomic E-state index is 12.7. The van der Waals surface area contributed by atoms with E-state index in [9.17, 15) is 33.7 Å². The summed E-state index contributed by atoms with van der Waals surface area (Å²) < 4.78 is 116. The molecule has 2 rings (SSSR count). The third kappa shape index (κ3) is 3.29. The van der Waals surface area contributed by atoms with Gasteiger partial charge in [-0.3, -0.25) is 0 Å². The summed E-state index contributed by atoms with van der Waals surface area (Å²) in [6.45, 7) is 6.40. The van der Waals surface area contributed by atoms with Gasteiger partial charge in [0.15, 0.2) is 39.3 Å². The summed E-state index contributed by atoms with van der Waals surface area (Å²) in [6, 6.07) is 0. The predicted octanol–water partition coefficient (Wildman–Crippen LogP) is -1.82. The standard InChI is InChI=1S/C12H24B2O12S4/c1-9(2)10(3,4)24-13(23-9)14-25-11(27(5,15)16,28(6,17)18)12(26-14,29(7,19)20)30(8,21)22/h1-8H3. The van der Waals surface area contributed by atoms with Crippen LogP contribution in [0.25, 0.3) is 0 Å². The monoisotopic (exact) mass is 510 g/mol. The summed E-state index contributed by atoms with van der Waals surface area (Å²) in [5.41, 5.74) is -2.07. The SMILES string of the molecule is CC1(C)OB(B2OC(S(C)(=O)=O)(S(C)(=O)=O)C(S(C)(=O)=O)(S(C)(=O)=O)O2)OC1(C)C. The maximum Gasteiger partial charge on any atom is 0.491 e. The zero-order valence-electron chi connectivity index (χ0n) is 17.7. The molecule has 2 heterocycles. The minimum atomic E-state index is -5.12. The van der Waals surface area contributed by atoms with Gasteiger partial charge in [-0.05, 0) is 27.7 Å². The first-order chi connectivity index (χ1) is 12.9. The molecule has 2 fully saturated rings. The van der Waals surface area contributed by atoms with Gasteiger partial charge in [0.25, 0.3) is 0 Å². The second-order valence-corrected chi connectivity index (χ2v) is 17.4. The summed E-state index contributed by atoms with van der Waals surface area (Å²) in [5.74, 6) is 0. The molecule has 30 heavy (non-hydrogen) atoms. The van der Waals surface area contributed by atoms with Crippen molar-refractivity contribution >= 4 is 53.4 Å². The van der Waals surface area contributed by atoms with Gasteiger partial charge in [-0.2, -0.15) is 0 Å². The molecule has 2 aliphatic heterocycles. The Morgan fingerprint density at radius 2 is 0.667 bits per heavy atom. The van der Waals surface area contributed by atoms with Crippen LogP contribution in [0.5, 0.6) is 0 Å². The molecule has 18 heteroatoms. The van der Waals surface area contributed by atoms with E-state index in [-0.39, 0.29) is 0 Å². The Morgan fingerprint density at radius 1 is 0.467 bits per heavy atom. The third-order valence-corrected chi connectivity index (χ3v) is 15.0. The second-order valence-electron chi connectivity index (χ2n) is 8.43. The molecule has 0 aromatic carbocycles. The minimum absolute atomic E-state index is 0.342. The highest BCUT2D eigenvalue weighted by molar-refractivity contribution is 8.16. The van der Waals surface area contributed by atoms with Gasteiger partial charge in [0.2, 0.25) is 0 Å². The van der Waals surface area contributed by atoms with Crippen LogP contribution in [0, 0.1) is 0 Å². The first-order valence-corrected chi connectivity index (χ1v) is 15.9. The molecule has 0 radical (unpaired) electrons. The number of rotatable bonds is 5. The van der Waals surface area contributed by atoms with Gasteiger partial charge in [-0.15, -0.1) is 0 Å². The first kappa shape index (κ1) is 26.0. The molecule has 0 atom stereocenters. The van der Waals surface area contributed by atoms with Crippen molar-refractivity contribution in [2.24, 2.45) is 0 Å². The molecule has 0 aromatic heterocycles. The van der Waals surface area contributed by atoms with Crippen LogP contribution in [-0.4, -0.2) is 92.4 Å². The number of hydrogen-bond donors (Lipinski definition) is 0. The quantitative estimate of drug-likeness (QED) is 0.380. The highest BCUT2D eigenvalue weighted by atomic mass is 32.3. The number of hydrogen-bond acceptors (Lipinski definition) is 12. The molecule has 2 saturated heterocycles. The zero-order chi connectivity index (χ0) is 24.0. The molecule has 0 saturated carbocycles. The Hall–Kier alpha value is -0.230. The lowest BCUT2D eigenvalue weighted by Crippen LogP contribution is -2.67. The summed E-state index contributed by atoms with van der Waals surface area (Å²) in [7, 11) is -24.2. The zero-order valence-corrected chi connectivity index (χ0v) is 21.0. The van der Waals surface area contributed by atoms with Crippen molar-refractivity contribution in [3.63, 3.8) is 0 Å². The average molecular weight is 510 g/mol. The topological polar surface area (TPSA) is 173 Å². The molecule has 0 unspecified atom stereocenters. The molecule has 2 aliphatic rings. The third-order valence-electron chi connectivity index (χ3n) is 5.36. The van der Waals surface area contributed by atoms with Gasteiger partial charge in [0, 0.05) is 25.0 Å². The summed E-state index contributed by atoms with van der Waals surface area (Å²) in [6.07, 6.45) is 1.37. The fraction of sp³-hybridized carbons (Fsp3) is 1.00. The Bertz CT molecular complexity index is 1010. The van der Waals surface area contributed by atoms with Crippen molar-refractivity contribution < 1.29 is 52.3 Å². The van der Waals surface area contributed by atoms with E-state index < -0.39 is 73.1 Å². The average Bonchev–Trinajstić information content (AvgIpc) is 2.91. The summed E-state index contributed by atoms with van der Waals surface area (Å²) in [5, 5.41) is 0. The smallest absolute Gasteiger partial charge is 0.405 e. The van der Waals surface area contributed by atoms with Crippen LogP contribution in [0.15, 0.2) is 0 Å². The highest BCUT2D eigenvalue weighted by Gasteiger charge is 2.85. The van der Waals surface area contributed by atoms with E-state index in [4.69, 9.17) is 18.6 Å². The van der Waals surface area contributed by atoms with Crippen LogP contribution in [0.2, 0.25) is 0 Å². The van der Waals surface area contributed by atoms with Crippen LogP contribution >= 0.6 is 0 Å². The van der Waals surface area contributed by atoms with Crippen molar-refractivity contribution in [1.29, 1.82) is 0 Å². The van der Waals surface area contributed by atoms with Crippen LogP contribution < -0.4 is 0 Å². The molecule has 0 N–H and O–H groups in total. The van der Waals surface area contributed by atoms with Gasteiger partial charge < -0.3 is 18.6 Å². The van der Waals surface area contributed by atoms with Crippen molar-refractivity contribution in [3.05, 3.63) is 0 Å². The van der Waals surface area contributed by atoms with E-state index in [1.165, 1.54) is 0 Å². The van der Waals surface area contributed by atoms with E-state index in [0.29, 0.717) is 25.0 Å². The van der Waals surface area contributed by atoms with Crippen molar-refractivity contribution in [3.8, 4) is 0 Å². The van der Waals surface area contributed by atoms with E-state index in [2.05, 4.69) is 0 Å². The first-order valence-electron chi connectivity index (χ1n) is 8.38. The molecule has 0 aromatic rings. The fourth-order valence-corrected chi connectivity index (χ4v) is 14.5. The molecule has 174 valence electrons. The van der Waals surface area contributed by atoms with E-state index in [1.807, 2.05) is 0 Å². The fourth-order valence-electron chi connectivity index (χ4n) is 3.39. The van der Waals surface area contributed by atoms with E-state index >= 15 is 0 Å². The Balaban J connectivity index is 2.93. The lowest BCUT2D eigenvalue weighted by Gasteiger charge is -2.37. The maximum absolute atomic E-state index is 12.7.